The number of nitrogens with one attached hydrogen (secondary N) is 1. The van der Waals surface area contributed by atoms with Crippen molar-refractivity contribution in [1.29, 1.82) is 5.41 Å². The highest BCUT2D eigenvalue weighted by Gasteiger charge is 2.68. The molecule has 0 aromatic carbocycles. The fourth-order valence-corrected chi connectivity index (χ4v) is 9.50. The van der Waals surface area contributed by atoms with E-state index in [9.17, 15) is 24.3 Å². The molecule has 2 saturated heterocycles. The third-order valence-corrected chi connectivity index (χ3v) is 11.7. The summed E-state index contributed by atoms with van der Waals surface area (Å²) < 4.78 is 7.86. The number of imide groups is 1. The Morgan fingerprint density at radius 2 is 1.62 bits per heavy atom. The third kappa shape index (κ3) is 3.92. The van der Waals surface area contributed by atoms with Crippen LogP contribution in [-0.2, 0) is 16.1 Å². The fourth-order valence-electron chi connectivity index (χ4n) is 9.50. The van der Waals surface area contributed by atoms with Gasteiger partial charge in [0.05, 0.1) is 13.2 Å². The molecule has 0 radical (unpaired) electrons. The molecule has 4 saturated carbocycles. The summed E-state index contributed by atoms with van der Waals surface area (Å²) in [5, 5.41) is 18.8. The molecular formula is C30H42N6O6. The van der Waals surface area contributed by atoms with Gasteiger partial charge in [-0.25, -0.2) is 9.59 Å². The lowest BCUT2D eigenvalue weighted by atomic mass is 9.51. The number of nitrogen functional groups attached to an aromatic ring is 1. The molecule has 12 nitrogen and oxygen atoms in total. The highest BCUT2D eigenvalue weighted by atomic mass is 16.5. The van der Waals surface area contributed by atoms with E-state index in [1.807, 2.05) is 4.90 Å². The van der Waals surface area contributed by atoms with Gasteiger partial charge in [0.2, 0.25) is 5.88 Å². The van der Waals surface area contributed by atoms with Gasteiger partial charge in [-0.2, -0.15) is 0 Å². The molecule has 7 rings (SSSR count). The number of carbonyl (C=O) groups is 2. The molecule has 0 atom stereocenters. The minimum absolute atomic E-state index is 0.114. The summed E-state index contributed by atoms with van der Waals surface area (Å²) >= 11 is 0. The molecule has 3 spiro atoms. The highest BCUT2D eigenvalue weighted by molar-refractivity contribution is 6.07. The van der Waals surface area contributed by atoms with Crippen molar-refractivity contribution in [2.75, 3.05) is 26.8 Å². The Morgan fingerprint density at radius 1 is 0.976 bits per heavy atom. The zero-order chi connectivity index (χ0) is 29.6. The second-order valence-electron chi connectivity index (χ2n) is 14.5. The van der Waals surface area contributed by atoms with Crippen molar-refractivity contribution in [3.8, 4) is 5.88 Å². The average Bonchev–Trinajstić information content (AvgIpc) is 3.46. The van der Waals surface area contributed by atoms with E-state index in [1.165, 1.54) is 14.0 Å². The quantitative estimate of drug-likeness (QED) is 0.263. The predicted molar refractivity (Wildman–Crippen MR) is 152 cm³/mol. The monoisotopic (exact) mass is 582 g/mol. The van der Waals surface area contributed by atoms with Crippen LogP contribution in [0.25, 0.3) is 0 Å². The molecule has 4 N–H and O–H groups in total. The van der Waals surface area contributed by atoms with E-state index in [1.54, 1.807) is 7.05 Å². The van der Waals surface area contributed by atoms with Crippen molar-refractivity contribution in [3.63, 3.8) is 0 Å². The normalized spacial score (nSPS) is 26.7. The standard InChI is InChI=1S/C30H42N6O6/c1-33-25(39)30(35(26(33)40)13-19-10-29(11-19)16-42-17-29)14-28(15-30)8-6-20(7-9-28)36-24(38)21(22(31)32)23(37)34(27(36)41)12-18-4-2-3-5-18/h18-20,37H,2-17H2,1H3,(H3,31,32). The van der Waals surface area contributed by atoms with Crippen LogP contribution < -0.4 is 17.0 Å². The number of amidine groups is 1. The number of aromatic nitrogens is 2. The van der Waals surface area contributed by atoms with Gasteiger partial charge < -0.3 is 20.5 Å². The maximum atomic E-state index is 13.6. The largest absolute Gasteiger partial charge is 0.494 e. The lowest BCUT2D eigenvalue weighted by Crippen LogP contribution is -2.65. The van der Waals surface area contributed by atoms with Gasteiger partial charge in [0.15, 0.2) is 0 Å². The predicted octanol–water partition coefficient (Wildman–Crippen LogP) is 2.14. The van der Waals surface area contributed by atoms with Crippen LogP contribution in [0.3, 0.4) is 0 Å². The number of hydrogen-bond acceptors (Lipinski definition) is 7. The van der Waals surface area contributed by atoms with Crippen LogP contribution in [0, 0.1) is 28.1 Å². The van der Waals surface area contributed by atoms with Crippen LogP contribution in [0.5, 0.6) is 5.88 Å². The number of hydrogen-bond donors (Lipinski definition) is 3. The number of rotatable bonds is 6. The molecule has 42 heavy (non-hydrogen) atoms. The van der Waals surface area contributed by atoms with E-state index in [-0.39, 0.29) is 34.9 Å². The van der Waals surface area contributed by atoms with E-state index >= 15 is 0 Å². The zero-order valence-electron chi connectivity index (χ0n) is 24.4. The second kappa shape index (κ2) is 9.42. The molecule has 12 heteroatoms. The summed E-state index contributed by atoms with van der Waals surface area (Å²) in [5.41, 5.74) is 3.55. The van der Waals surface area contributed by atoms with Crippen molar-refractivity contribution in [1.82, 2.24) is 18.9 Å². The minimum atomic E-state index is -0.789. The van der Waals surface area contributed by atoms with Gasteiger partial charge in [0.25, 0.3) is 11.5 Å². The van der Waals surface area contributed by atoms with E-state index < -0.39 is 28.5 Å². The van der Waals surface area contributed by atoms with Crippen LogP contribution in [0.15, 0.2) is 9.59 Å². The van der Waals surface area contributed by atoms with Crippen LogP contribution in [-0.4, -0.2) is 74.2 Å². The Morgan fingerprint density at radius 3 is 2.19 bits per heavy atom. The fraction of sp³-hybridized carbons (Fsp3) is 0.767. The van der Waals surface area contributed by atoms with Crippen LogP contribution in [0.4, 0.5) is 4.79 Å². The van der Waals surface area contributed by atoms with Crippen molar-refractivity contribution in [3.05, 3.63) is 26.4 Å². The Hall–Kier alpha value is -3.15. The number of carbonyl (C=O) groups excluding carboxylic acids is 2. The number of amides is 3. The second-order valence-corrected chi connectivity index (χ2v) is 14.5. The molecule has 3 heterocycles. The van der Waals surface area contributed by atoms with Gasteiger partial charge in [-0.1, -0.05) is 12.8 Å². The molecule has 1 aromatic rings. The third-order valence-electron chi connectivity index (χ3n) is 11.7. The summed E-state index contributed by atoms with van der Waals surface area (Å²) in [5.74, 6) is -0.540. The smallest absolute Gasteiger partial charge is 0.334 e. The van der Waals surface area contributed by atoms with Crippen LogP contribution in [0.2, 0.25) is 0 Å². The highest BCUT2D eigenvalue weighted by Crippen LogP contribution is 2.62. The van der Waals surface area contributed by atoms with Gasteiger partial charge in [-0.05, 0) is 81.5 Å². The van der Waals surface area contributed by atoms with E-state index in [0.717, 1.165) is 64.6 Å². The molecule has 3 amide bonds. The minimum Gasteiger partial charge on any atom is -0.494 e. The first-order valence-corrected chi connectivity index (χ1v) is 15.6. The van der Waals surface area contributed by atoms with Crippen LogP contribution >= 0.6 is 0 Å². The van der Waals surface area contributed by atoms with Gasteiger partial charge in [-0.15, -0.1) is 0 Å². The molecular weight excluding hydrogens is 540 g/mol. The summed E-state index contributed by atoms with van der Waals surface area (Å²) in [6, 6.07) is -0.583. The molecule has 4 aliphatic carbocycles. The Kier molecular flexibility index (Phi) is 6.21. The number of ether oxygens (including phenoxy) is 1. The first-order chi connectivity index (χ1) is 20.0. The van der Waals surface area contributed by atoms with Crippen molar-refractivity contribution in [2.45, 2.75) is 95.2 Å². The average molecular weight is 583 g/mol. The van der Waals surface area contributed by atoms with Crippen molar-refractivity contribution in [2.24, 2.45) is 28.4 Å². The zero-order valence-corrected chi connectivity index (χ0v) is 24.4. The molecule has 228 valence electrons. The van der Waals surface area contributed by atoms with Gasteiger partial charge >= 0.3 is 11.7 Å². The summed E-state index contributed by atoms with van der Waals surface area (Å²) in [4.78, 5) is 56.8. The summed E-state index contributed by atoms with van der Waals surface area (Å²) in [7, 11) is 1.58. The number of aromatic hydroxyl groups is 1. The van der Waals surface area contributed by atoms with Gasteiger partial charge in [-0.3, -0.25) is 29.0 Å². The molecule has 2 aliphatic heterocycles. The lowest BCUT2D eigenvalue weighted by Gasteiger charge is -2.60. The van der Waals surface area contributed by atoms with E-state index in [2.05, 4.69) is 0 Å². The van der Waals surface area contributed by atoms with Gasteiger partial charge in [0.1, 0.15) is 16.9 Å². The molecule has 1 aromatic heterocycles. The lowest BCUT2D eigenvalue weighted by molar-refractivity contribution is -0.185. The first-order valence-electron chi connectivity index (χ1n) is 15.6. The molecule has 0 unspecified atom stereocenters. The van der Waals surface area contributed by atoms with E-state index in [4.69, 9.17) is 15.9 Å². The Labute approximate surface area is 244 Å². The number of nitrogens with two attached hydrogens (primary N) is 1. The molecule has 6 fully saturated rings. The summed E-state index contributed by atoms with van der Waals surface area (Å²) in [6.45, 7) is 2.51. The van der Waals surface area contributed by atoms with E-state index in [0.29, 0.717) is 50.1 Å². The van der Waals surface area contributed by atoms with Crippen molar-refractivity contribution >= 4 is 17.8 Å². The number of likely N-dealkylation sites (N-methyl/N-ethyl adjacent to an activating group) is 1. The van der Waals surface area contributed by atoms with Crippen LogP contribution in [0.1, 0.15) is 88.7 Å². The maximum absolute atomic E-state index is 13.6. The topological polar surface area (TPSA) is 164 Å². The molecule has 6 aliphatic rings. The SMILES string of the molecule is CN1C(=O)N(CC2CC3(COC3)C2)C2(CC3(CCC(n4c(=O)c(C(=N)N)c(O)n(CC5CCCC5)c4=O)CC3)C2)C1=O. The summed E-state index contributed by atoms with van der Waals surface area (Å²) in [6.07, 6.45) is 9.95. The maximum Gasteiger partial charge on any atom is 0.334 e. The first kappa shape index (κ1) is 27.7. The Bertz CT molecular complexity index is 1450. The number of nitrogens with zero attached hydrogens (tertiary/aromatic N) is 4. The number of urea groups is 1. The van der Waals surface area contributed by atoms with Crippen molar-refractivity contribution < 1.29 is 19.4 Å². The molecule has 0 bridgehead atoms. The Balaban J connectivity index is 1.09. The van der Waals surface area contributed by atoms with Gasteiger partial charge in [0, 0.05) is 31.6 Å².